The second-order valence-corrected chi connectivity index (χ2v) is 8.98. The van der Waals surface area contributed by atoms with Crippen molar-refractivity contribution in [3.8, 4) is 0 Å². The Bertz CT molecular complexity index is 828. The third-order valence-electron chi connectivity index (χ3n) is 6.83. The molecular formula is C28H35N. The summed E-state index contributed by atoms with van der Waals surface area (Å²) in [7, 11) is 0. The lowest BCUT2D eigenvalue weighted by Gasteiger charge is -2.22. The van der Waals surface area contributed by atoms with Gasteiger partial charge in [-0.3, -0.25) is 4.99 Å². The standard InChI is InChI=1S/C28H35N/c1-22-9-4-2-7-13-27(22)28-21-26(12-8-20-29-28)25-18-16-24(17-19-25)15-14-23-10-5-3-6-11-23/h3,5-6,10-11,16-19,21-22,27H,2,4,7-9,12-15,20H2,1H3. The van der Waals surface area contributed by atoms with E-state index >= 15 is 0 Å². The monoisotopic (exact) mass is 385 g/mol. The van der Waals surface area contributed by atoms with E-state index in [9.17, 15) is 0 Å². The summed E-state index contributed by atoms with van der Waals surface area (Å²) in [6.45, 7) is 3.44. The van der Waals surface area contributed by atoms with Crippen LogP contribution in [0.3, 0.4) is 0 Å². The van der Waals surface area contributed by atoms with Gasteiger partial charge in [0.25, 0.3) is 0 Å². The molecule has 2 atom stereocenters. The number of allylic oxidation sites excluding steroid dienone is 2. The Morgan fingerprint density at radius 2 is 1.52 bits per heavy atom. The molecule has 0 saturated heterocycles. The molecule has 0 radical (unpaired) electrons. The maximum atomic E-state index is 5.04. The van der Waals surface area contributed by atoms with Gasteiger partial charge in [0.05, 0.1) is 0 Å². The summed E-state index contributed by atoms with van der Waals surface area (Å²) in [6.07, 6.45) is 13.8. The second-order valence-electron chi connectivity index (χ2n) is 8.98. The van der Waals surface area contributed by atoms with Gasteiger partial charge in [0.15, 0.2) is 0 Å². The number of rotatable bonds is 5. The third-order valence-corrected chi connectivity index (χ3v) is 6.83. The molecule has 0 bridgehead atoms. The highest BCUT2D eigenvalue weighted by Crippen LogP contribution is 2.33. The number of benzene rings is 2. The van der Waals surface area contributed by atoms with Crippen LogP contribution in [0.25, 0.3) is 5.57 Å². The van der Waals surface area contributed by atoms with Crippen LogP contribution >= 0.6 is 0 Å². The van der Waals surface area contributed by atoms with Crippen molar-refractivity contribution in [2.45, 2.75) is 64.7 Å². The highest BCUT2D eigenvalue weighted by Gasteiger charge is 2.24. The molecule has 1 nitrogen and oxygen atoms in total. The molecule has 4 rings (SSSR count). The summed E-state index contributed by atoms with van der Waals surface area (Å²) in [5.41, 5.74) is 7.12. The van der Waals surface area contributed by atoms with Crippen molar-refractivity contribution in [1.82, 2.24) is 0 Å². The summed E-state index contributed by atoms with van der Waals surface area (Å²) in [5.74, 6) is 1.43. The number of nitrogens with zero attached hydrogens (tertiary/aromatic N) is 1. The molecule has 29 heavy (non-hydrogen) atoms. The van der Waals surface area contributed by atoms with Gasteiger partial charge in [-0.1, -0.05) is 87.2 Å². The van der Waals surface area contributed by atoms with Crippen LogP contribution in [0.2, 0.25) is 0 Å². The third kappa shape index (κ3) is 5.47. The lowest BCUT2D eigenvalue weighted by molar-refractivity contribution is 0.430. The first-order valence-corrected chi connectivity index (χ1v) is 11.7. The number of hydrogen-bond donors (Lipinski definition) is 0. The van der Waals surface area contributed by atoms with Crippen LogP contribution in [0.15, 0.2) is 65.7 Å². The zero-order valence-corrected chi connectivity index (χ0v) is 17.9. The van der Waals surface area contributed by atoms with Gasteiger partial charge >= 0.3 is 0 Å². The zero-order chi connectivity index (χ0) is 19.9. The minimum absolute atomic E-state index is 0.663. The summed E-state index contributed by atoms with van der Waals surface area (Å²) >= 11 is 0. The van der Waals surface area contributed by atoms with Crippen LogP contribution in [-0.4, -0.2) is 12.3 Å². The van der Waals surface area contributed by atoms with E-state index in [4.69, 9.17) is 4.99 Å². The van der Waals surface area contributed by atoms with E-state index in [1.165, 1.54) is 66.5 Å². The Morgan fingerprint density at radius 3 is 2.31 bits per heavy atom. The Labute approximate surface area is 177 Å². The molecule has 152 valence electrons. The normalized spacial score (nSPS) is 22.9. The molecule has 1 saturated carbocycles. The summed E-state index contributed by atoms with van der Waals surface area (Å²) in [4.78, 5) is 5.04. The summed E-state index contributed by atoms with van der Waals surface area (Å²) in [6, 6.07) is 20.1. The van der Waals surface area contributed by atoms with Crippen molar-refractivity contribution < 1.29 is 0 Å². The molecule has 0 aromatic heterocycles. The minimum Gasteiger partial charge on any atom is -0.289 e. The van der Waals surface area contributed by atoms with Crippen LogP contribution in [0.4, 0.5) is 0 Å². The fourth-order valence-electron chi connectivity index (χ4n) is 4.98. The van der Waals surface area contributed by atoms with Gasteiger partial charge in [-0.25, -0.2) is 0 Å². The summed E-state index contributed by atoms with van der Waals surface area (Å²) < 4.78 is 0. The van der Waals surface area contributed by atoms with Crippen molar-refractivity contribution in [1.29, 1.82) is 0 Å². The van der Waals surface area contributed by atoms with E-state index in [-0.39, 0.29) is 0 Å². The maximum Gasteiger partial charge on any atom is 0.0395 e. The van der Waals surface area contributed by atoms with Gasteiger partial charge in [-0.2, -0.15) is 0 Å². The fraction of sp³-hybridized carbons (Fsp3) is 0.464. The fourth-order valence-corrected chi connectivity index (χ4v) is 4.98. The predicted octanol–water partition coefficient (Wildman–Crippen LogP) is 7.31. The molecule has 1 aliphatic heterocycles. The Hall–Kier alpha value is -2.15. The molecule has 2 aliphatic rings. The van der Waals surface area contributed by atoms with Crippen molar-refractivity contribution in [2.75, 3.05) is 6.54 Å². The van der Waals surface area contributed by atoms with Crippen molar-refractivity contribution in [3.63, 3.8) is 0 Å². The van der Waals surface area contributed by atoms with E-state index in [2.05, 4.69) is 67.6 Å². The first-order valence-electron chi connectivity index (χ1n) is 11.7. The lowest BCUT2D eigenvalue weighted by atomic mass is 9.84. The van der Waals surface area contributed by atoms with Gasteiger partial charge in [0, 0.05) is 18.2 Å². The van der Waals surface area contributed by atoms with Crippen molar-refractivity contribution in [3.05, 3.63) is 77.4 Å². The van der Waals surface area contributed by atoms with E-state index < -0.39 is 0 Å². The molecule has 2 aromatic carbocycles. The first-order chi connectivity index (χ1) is 14.3. The molecule has 0 spiro atoms. The van der Waals surface area contributed by atoms with Crippen LogP contribution in [0, 0.1) is 11.8 Å². The quantitative estimate of drug-likeness (QED) is 0.479. The highest BCUT2D eigenvalue weighted by atomic mass is 14.7. The average molecular weight is 386 g/mol. The minimum atomic E-state index is 0.663. The van der Waals surface area contributed by atoms with E-state index in [1.54, 1.807) is 0 Å². The molecular weight excluding hydrogens is 350 g/mol. The van der Waals surface area contributed by atoms with Crippen LogP contribution < -0.4 is 0 Å². The molecule has 1 heteroatoms. The molecule has 0 N–H and O–H groups in total. The van der Waals surface area contributed by atoms with E-state index in [1.807, 2.05) is 0 Å². The molecule has 2 aromatic rings. The predicted molar refractivity (Wildman–Crippen MR) is 126 cm³/mol. The smallest absolute Gasteiger partial charge is 0.0395 e. The topological polar surface area (TPSA) is 12.4 Å². The van der Waals surface area contributed by atoms with E-state index in [0.29, 0.717) is 5.92 Å². The summed E-state index contributed by atoms with van der Waals surface area (Å²) in [5, 5.41) is 0. The maximum absolute atomic E-state index is 5.04. The van der Waals surface area contributed by atoms with Gasteiger partial charge < -0.3 is 0 Å². The van der Waals surface area contributed by atoms with Crippen LogP contribution in [0.5, 0.6) is 0 Å². The van der Waals surface area contributed by atoms with Gasteiger partial charge in [-0.15, -0.1) is 0 Å². The first kappa shape index (κ1) is 20.1. The second kappa shape index (κ2) is 10.1. The lowest BCUT2D eigenvalue weighted by Crippen LogP contribution is -2.20. The average Bonchev–Trinajstić information content (AvgIpc) is 3.14. The molecule has 2 unspecified atom stereocenters. The Morgan fingerprint density at radius 1 is 0.793 bits per heavy atom. The number of aryl methyl sites for hydroxylation is 2. The van der Waals surface area contributed by atoms with Gasteiger partial charge in [0.2, 0.25) is 0 Å². The zero-order valence-electron chi connectivity index (χ0n) is 17.9. The molecule has 1 fully saturated rings. The van der Waals surface area contributed by atoms with Gasteiger partial charge in [0.1, 0.15) is 0 Å². The van der Waals surface area contributed by atoms with Crippen molar-refractivity contribution in [2.24, 2.45) is 16.8 Å². The van der Waals surface area contributed by atoms with Gasteiger partial charge in [-0.05, 0) is 66.4 Å². The molecule has 0 amide bonds. The van der Waals surface area contributed by atoms with Crippen LogP contribution in [-0.2, 0) is 12.8 Å². The number of hydrogen-bond acceptors (Lipinski definition) is 1. The van der Waals surface area contributed by atoms with E-state index in [0.717, 1.165) is 31.7 Å². The molecule has 1 heterocycles. The largest absolute Gasteiger partial charge is 0.289 e. The highest BCUT2D eigenvalue weighted by molar-refractivity contribution is 6.03. The van der Waals surface area contributed by atoms with Crippen LogP contribution in [0.1, 0.15) is 68.6 Å². The Balaban J connectivity index is 1.46. The van der Waals surface area contributed by atoms with Crippen molar-refractivity contribution >= 4 is 11.3 Å². The SMILES string of the molecule is CC1CCCCCC1C1=NCCCC(c2ccc(CCc3ccccc3)cc2)=C1. The number of aliphatic imine (C=N–C) groups is 1. The molecule has 1 aliphatic carbocycles. The Kier molecular flexibility index (Phi) is 6.98.